The summed E-state index contributed by atoms with van der Waals surface area (Å²) < 4.78 is 1.11. The molecule has 0 amide bonds. The molecule has 76 valence electrons. The van der Waals surface area contributed by atoms with Gasteiger partial charge < -0.3 is 4.90 Å². The van der Waals surface area contributed by atoms with E-state index < -0.39 is 0 Å². The number of rotatable bonds is 1. The van der Waals surface area contributed by atoms with Crippen LogP contribution in [0.25, 0.3) is 0 Å². The van der Waals surface area contributed by atoms with Crippen LogP contribution in [0.4, 0.5) is 5.82 Å². The van der Waals surface area contributed by atoms with E-state index in [2.05, 4.69) is 38.8 Å². The van der Waals surface area contributed by atoms with Crippen LogP contribution in [-0.2, 0) is 0 Å². The van der Waals surface area contributed by atoms with Crippen LogP contribution >= 0.6 is 15.9 Å². The SMILES string of the molecule is CC1CCN(c2ncccc2Br)CC1. The Kier molecular flexibility index (Phi) is 3.06. The van der Waals surface area contributed by atoms with Gasteiger partial charge in [-0.25, -0.2) is 4.98 Å². The summed E-state index contributed by atoms with van der Waals surface area (Å²) in [4.78, 5) is 6.77. The third-order valence-electron chi connectivity index (χ3n) is 2.82. The normalized spacial score (nSPS) is 18.6. The van der Waals surface area contributed by atoms with Crippen LogP contribution in [0, 0.1) is 5.92 Å². The average molecular weight is 255 g/mol. The van der Waals surface area contributed by atoms with Gasteiger partial charge in [0.25, 0.3) is 0 Å². The van der Waals surface area contributed by atoms with Gasteiger partial charge in [-0.15, -0.1) is 0 Å². The fourth-order valence-electron chi connectivity index (χ4n) is 1.83. The van der Waals surface area contributed by atoms with E-state index >= 15 is 0 Å². The molecule has 14 heavy (non-hydrogen) atoms. The monoisotopic (exact) mass is 254 g/mol. The van der Waals surface area contributed by atoms with E-state index in [1.54, 1.807) is 0 Å². The summed E-state index contributed by atoms with van der Waals surface area (Å²) in [6.45, 7) is 4.60. The van der Waals surface area contributed by atoms with E-state index in [0.717, 1.165) is 29.3 Å². The highest BCUT2D eigenvalue weighted by Crippen LogP contribution is 2.27. The van der Waals surface area contributed by atoms with Crippen molar-refractivity contribution in [3.8, 4) is 0 Å². The zero-order chi connectivity index (χ0) is 9.97. The molecular weight excluding hydrogens is 240 g/mol. The second-order valence-corrected chi connectivity index (χ2v) is 4.83. The molecule has 0 aromatic carbocycles. The van der Waals surface area contributed by atoms with E-state index in [9.17, 15) is 0 Å². The molecule has 1 fully saturated rings. The number of pyridine rings is 1. The van der Waals surface area contributed by atoms with E-state index in [-0.39, 0.29) is 0 Å². The third kappa shape index (κ3) is 2.08. The molecule has 0 bridgehead atoms. The molecule has 0 spiro atoms. The number of hydrogen-bond acceptors (Lipinski definition) is 2. The summed E-state index contributed by atoms with van der Waals surface area (Å²) in [5.41, 5.74) is 0. The van der Waals surface area contributed by atoms with Crippen molar-refractivity contribution in [1.29, 1.82) is 0 Å². The van der Waals surface area contributed by atoms with Crippen LogP contribution in [0.5, 0.6) is 0 Å². The lowest BCUT2D eigenvalue weighted by molar-refractivity contribution is 0.436. The smallest absolute Gasteiger partial charge is 0.142 e. The number of hydrogen-bond donors (Lipinski definition) is 0. The Morgan fingerprint density at radius 3 is 2.79 bits per heavy atom. The fraction of sp³-hybridized carbons (Fsp3) is 0.545. The number of piperidine rings is 1. The molecule has 3 heteroatoms. The highest BCUT2D eigenvalue weighted by molar-refractivity contribution is 9.10. The third-order valence-corrected chi connectivity index (χ3v) is 3.44. The Morgan fingerprint density at radius 2 is 2.14 bits per heavy atom. The Balaban J connectivity index is 2.12. The average Bonchev–Trinajstić information content (AvgIpc) is 2.20. The van der Waals surface area contributed by atoms with Crippen LogP contribution in [0.15, 0.2) is 22.8 Å². The molecule has 1 aromatic heterocycles. The number of aromatic nitrogens is 1. The first-order chi connectivity index (χ1) is 6.77. The van der Waals surface area contributed by atoms with Gasteiger partial charge in [0, 0.05) is 19.3 Å². The van der Waals surface area contributed by atoms with Crippen LogP contribution in [0.3, 0.4) is 0 Å². The first-order valence-electron chi connectivity index (χ1n) is 5.13. The highest BCUT2D eigenvalue weighted by atomic mass is 79.9. The molecular formula is C11H15BrN2. The molecule has 2 rings (SSSR count). The van der Waals surface area contributed by atoms with Gasteiger partial charge in [-0.2, -0.15) is 0 Å². The second-order valence-electron chi connectivity index (χ2n) is 3.98. The predicted octanol–water partition coefficient (Wildman–Crippen LogP) is 3.08. The standard InChI is InChI=1S/C11H15BrN2/c1-9-4-7-14(8-5-9)11-10(12)3-2-6-13-11/h2-3,6,9H,4-5,7-8H2,1H3. The van der Waals surface area contributed by atoms with Gasteiger partial charge in [-0.3, -0.25) is 0 Å². The molecule has 0 N–H and O–H groups in total. The van der Waals surface area contributed by atoms with Gasteiger partial charge in [-0.1, -0.05) is 6.92 Å². The van der Waals surface area contributed by atoms with Crippen molar-refractivity contribution in [3.05, 3.63) is 22.8 Å². The first kappa shape index (κ1) is 9.97. The minimum absolute atomic E-state index is 0.869. The van der Waals surface area contributed by atoms with Gasteiger partial charge in [-0.05, 0) is 46.8 Å². The van der Waals surface area contributed by atoms with Gasteiger partial charge >= 0.3 is 0 Å². The summed E-state index contributed by atoms with van der Waals surface area (Å²) in [6.07, 6.45) is 4.42. The maximum Gasteiger partial charge on any atom is 0.142 e. The van der Waals surface area contributed by atoms with Crippen LogP contribution in [0.2, 0.25) is 0 Å². The second kappa shape index (κ2) is 4.30. The molecule has 2 heterocycles. The summed E-state index contributed by atoms with van der Waals surface area (Å²) in [5.74, 6) is 1.97. The van der Waals surface area contributed by atoms with E-state index in [0.29, 0.717) is 0 Å². The molecule has 1 aliphatic heterocycles. The summed E-state index contributed by atoms with van der Waals surface area (Å²) in [5, 5.41) is 0. The first-order valence-corrected chi connectivity index (χ1v) is 5.92. The lowest BCUT2D eigenvalue weighted by atomic mass is 9.99. The summed E-state index contributed by atoms with van der Waals surface area (Å²) >= 11 is 3.54. The maximum absolute atomic E-state index is 4.41. The number of halogens is 1. The number of nitrogens with zero attached hydrogens (tertiary/aromatic N) is 2. The Morgan fingerprint density at radius 1 is 1.43 bits per heavy atom. The van der Waals surface area contributed by atoms with Crippen molar-refractivity contribution in [1.82, 2.24) is 4.98 Å². The number of anilines is 1. The molecule has 0 saturated carbocycles. The molecule has 0 aliphatic carbocycles. The van der Waals surface area contributed by atoms with Crippen molar-refractivity contribution in [2.24, 2.45) is 5.92 Å². The van der Waals surface area contributed by atoms with E-state index in [1.165, 1.54) is 12.8 Å². The molecule has 1 saturated heterocycles. The van der Waals surface area contributed by atoms with Crippen LogP contribution < -0.4 is 4.90 Å². The quantitative estimate of drug-likeness (QED) is 0.766. The van der Waals surface area contributed by atoms with Crippen molar-refractivity contribution >= 4 is 21.7 Å². The zero-order valence-electron chi connectivity index (χ0n) is 8.41. The Bertz CT molecular complexity index is 306. The van der Waals surface area contributed by atoms with Gasteiger partial charge in [0.2, 0.25) is 0 Å². The van der Waals surface area contributed by atoms with Crippen LogP contribution in [-0.4, -0.2) is 18.1 Å². The molecule has 2 nitrogen and oxygen atoms in total. The predicted molar refractivity (Wildman–Crippen MR) is 62.5 cm³/mol. The Hall–Kier alpha value is -0.570. The lowest BCUT2D eigenvalue weighted by Gasteiger charge is -2.31. The Labute approximate surface area is 93.5 Å². The molecule has 0 radical (unpaired) electrons. The zero-order valence-corrected chi connectivity index (χ0v) is 10.00. The summed E-state index contributed by atoms with van der Waals surface area (Å²) in [6, 6.07) is 4.01. The minimum Gasteiger partial charge on any atom is -0.356 e. The van der Waals surface area contributed by atoms with Crippen molar-refractivity contribution < 1.29 is 0 Å². The molecule has 0 unspecified atom stereocenters. The van der Waals surface area contributed by atoms with Gasteiger partial charge in [0.1, 0.15) is 5.82 Å². The maximum atomic E-state index is 4.41. The summed E-state index contributed by atoms with van der Waals surface area (Å²) in [7, 11) is 0. The van der Waals surface area contributed by atoms with Crippen molar-refractivity contribution in [3.63, 3.8) is 0 Å². The van der Waals surface area contributed by atoms with Gasteiger partial charge in [0.05, 0.1) is 4.47 Å². The fourth-order valence-corrected chi connectivity index (χ4v) is 2.34. The van der Waals surface area contributed by atoms with Crippen molar-refractivity contribution in [2.45, 2.75) is 19.8 Å². The lowest BCUT2D eigenvalue weighted by Crippen LogP contribution is -2.33. The topological polar surface area (TPSA) is 16.1 Å². The van der Waals surface area contributed by atoms with Gasteiger partial charge in [0.15, 0.2) is 0 Å². The van der Waals surface area contributed by atoms with E-state index in [1.807, 2.05) is 12.3 Å². The van der Waals surface area contributed by atoms with E-state index in [4.69, 9.17) is 0 Å². The molecule has 0 atom stereocenters. The largest absolute Gasteiger partial charge is 0.356 e. The van der Waals surface area contributed by atoms with Crippen LogP contribution in [0.1, 0.15) is 19.8 Å². The molecule has 1 aliphatic rings. The van der Waals surface area contributed by atoms with Crippen molar-refractivity contribution in [2.75, 3.05) is 18.0 Å². The minimum atomic E-state index is 0.869. The highest BCUT2D eigenvalue weighted by Gasteiger charge is 2.18. The molecule has 1 aromatic rings.